The van der Waals surface area contributed by atoms with Crippen LogP contribution in [-0.2, 0) is 9.47 Å². The second-order valence-electron chi connectivity index (χ2n) is 3.02. The zero-order chi connectivity index (χ0) is 10.0. The van der Waals surface area contributed by atoms with E-state index in [1.165, 1.54) is 7.11 Å². The number of ether oxygens (including phenoxy) is 2. The minimum atomic E-state index is -1.17. The molecule has 5 N–H and O–H groups in total. The molecule has 0 aromatic carbocycles. The number of nitrogens with two attached hydrogens (primary N) is 1. The molecule has 0 spiro atoms. The molecule has 0 saturated carbocycles. The van der Waals surface area contributed by atoms with E-state index in [-0.39, 0.29) is 6.61 Å². The highest BCUT2D eigenvalue weighted by Crippen LogP contribution is 2.19. The Morgan fingerprint density at radius 2 is 2.00 bits per heavy atom. The van der Waals surface area contributed by atoms with Crippen LogP contribution in [0.2, 0.25) is 0 Å². The molecule has 0 aromatic rings. The molecule has 78 valence electrons. The number of rotatable bonds is 2. The van der Waals surface area contributed by atoms with Crippen LogP contribution in [0.3, 0.4) is 0 Å². The highest BCUT2D eigenvalue weighted by Gasteiger charge is 2.42. The SMILES string of the molecule is COC1OC(CO)C(O)[C@@H](O)[C@@H]1N. The van der Waals surface area contributed by atoms with Gasteiger partial charge in [0, 0.05) is 7.11 Å². The van der Waals surface area contributed by atoms with Crippen LogP contribution < -0.4 is 5.73 Å². The van der Waals surface area contributed by atoms with Crippen LogP contribution in [0.1, 0.15) is 0 Å². The van der Waals surface area contributed by atoms with Gasteiger partial charge in [-0.2, -0.15) is 0 Å². The topological polar surface area (TPSA) is 105 Å². The molecule has 0 amide bonds. The van der Waals surface area contributed by atoms with Gasteiger partial charge in [0.05, 0.1) is 12.6 Å². The zero-order valence-corrected chi connectivity index (χ0v) is 7.33. The second kappa shape index (κ2) is 4.32. The third kappa shape index (κ3) is 1.98. The fraction of sp³-hybridized carbons (Fsp3) is 1.00. The summed E-state index contributed by atoms with van der Waals surface area (Å²) < 4.78 is 9.90. The van der Waals surface area contributed by atoms with Crippen LogP contribution in [0, 0.1) is 0 Å². The lowest BCUT2D eigenvalue weighted by Crippen LogP contribution is -2.62. The summed E-state index contributed by atoms with van der Waals surface area (Å²) in [5.74, 6) is 0. The average Bonchev–Trinajstić information content (AvgIpc) is 2.15. The van der Waals surface area contributed by atoms with E-state index in [0.29, 0.717) is 0 Å². The van der Waals surface area contributed by atoms with Crippen molar-refractivity contribution in [2.24, 2.45) is 5.73 Å². The normalized spacial score (nSPS) is 46.4. The molecule has 0 aromatic heterocycles. The molecule has 6 heteroatoms. The van der Waals surface area contributed by atoms with E-state index in [1.807, 2.05) is 0 Å². The van der Waals surface area contributed by atoms with Crippen molar-refractivity contribution in [3.8, 4) is 0 Å². The number of hydrogen-bond donors (Lipinski definition) is 4. The van der Waals surface area contributed by atoms with Gasteiger partial charge in [-0.1, -0.05) is 0 Å². The molecule has 1 heterocycles. The minimum Gasteiger partial charge on any atom is -0.394 e. The number of hydrogen-bond acceptors (Lipinski definition) is 6. The molecule has 1 rings (SSSR count). The van der Waals surface area contributed by atoms with Gasteiger partial charge < -0.3 is 30.5 Å². The van der Waals surface area contributed by atoms with Gasteiger partial charge in [0.25, 0.3) is 0 Å². The van der Waals surface area contributed by atoms with Gasteiger partial charge in [0.2, 0.25) is 0 Å². The molecule has 6 nitrogen and oxygen atoms in total. The van der Waals surface area contributed by atoms with E-state index >= 15 is 0 Å². The third-order valence-corrected chi connectivity index (χ3v) is 2.16. The maximum atomic E-state index is 9.40. The van der Waals surface area contributed by atoms with Gasteiger partial charge >= 0.3 is 0 Å². The Kier molecular flexibility index (Phi) is 3.60. The molecule has 0 aliphatic carbocycles. The lowest BCUT2D eigenvalue weighted by Gasteiger charge is -2.39. The highest BCUT2D eigenvalue weighted by atomic mass is 16.7. The van der Waals surface area contributed by atoms with Crippen molar-refractivity contribution in [1.29, 1.82) is 0 Å². The number of aliphatic hydroxyl groups is 3. The molecular formula is C7H15NO5. The lowest BCUT2D eigenvalue weighted by molar-refractivity contribution is -0.257. The predicted octanol–water partition coefficient (Wildman–Crippen LogP) is -2.60. The lowest BCUT2D eigenvalue weighted by atomic mass is 9.98. The van der Waals surface area contributed by atoms with E-state index in [4.69, 9.17) is 20.3 Å². The van der Waals surface area contributed by atoms with Gasteiger partial charge in [-0.3, -0.25) is 0 Å². The second-order valence-corrected chi connectivity index (χ2v) is 3.02. The Bertz CT molecular complexity index is 147. The molecule has 5 atom stereocenters. The first kappa shape index (κ1) is 10.8. The first-order valence-corrected chi connectivity index (χ1v) is 4.02. The van der Waals surface area contributed by atoms with Gasteiger partial charge in [-0.25, -0.2) is 0 Å². The molecular weight excluding hydrogens is 178 g/mol. The van der Waals surface area contributed by atoms with Crippen molar-refractivity contribution in [3.05, 3.63) is 0 Å². The molecule has 1 aliphatic rings. The standard InChI is InChI=1S/C7H15NO5/c1-12-7-4(8)6(11)5(10)3(2-9)13-7/h3-7,9-11H,2,8H2,1H3/t3?,4-,5?,6-,7?/m0/s1. The van der Waals surface area contributed by atoms with Crippen molar-refractivity contribution in [3.63, 3.8) is 0 Å². The third-order valence-electron chi connectivity index (χ3n) is 2.16. The van der Waals surface area contributed by atoms with Crippen molar-refractivity contribution >= 4 is 0 Å². The quantitative estimate of drug-likeness (QED) is 0.383. The maximum Gasteiger partial charge on any atom is 0.175 e. The van der Waals surface area contributed by atoms with Crippen molar-refractivity contribution < 1.29 is 24.8 Å². The Hall–Kier alpha value is -0.240. The van der Waals surface area contributed by atoms with Gasteiger partial charge in [0.15, 0.2) is 6.29 Å². The van der Waals surface area contributed by atoms with Gasteiger partial charge in [0.1, 0.15) is 18.3 Å². The van der Waals surface area contributed by atoms with Crippen molar-refractivity contribution in [2.45, 2.75) is 30.6 Å². The monoisotopic (exact) mass is 193 g/mol. The van der Waals surface area contributed by atoms with Crippen LogP contribution >= 0.6 is 0 Å². The number of methoxy groups -OCH3 is 1. The van der Waals surface area contributed by atoms with Crippen LogP contribution in [0.25, 0.3) is 0 Å². The first-order valence-electron chi connectivity index (χ1n) is 4.02. The molecule has 1 saturated heterocycles. The fourth-order valence-corrected chi connectivity index (χ4v) is 1.32. The molecule has 0 bridgehead atoms. The summed E-state index contributed by atoms with van der Waals surface area (Å²) in [5.41, 5.74) is 5.50. The van der Waals surface area contributed by atoms with Crippen LogP contribution in [0.4, 0.5) is 0 Å². The maximum absolute atomic E-state index is 9.40. The predicted molar refractivity (Wildman–Crippen MR) is 42.7 cm³/mol. The van der Waals surface area contributed by atoms with Crippen molar-refractivity contribution in [2.75, 3.05) is 13.7 Å². The molecule has 1 fully saturated rings. The minimum absolute atomic E-state index is 0.384. The first-order chi connectivity index (χ1) is 6.11. The van der Waals surface area contributed by atoms with Gasteiger partial charge in [-0.15, -0.1) is 0 Å². The summed E-state index contributed by atoms with van der Waals surface area (Å²) in [6, 6.07) is -0.803. The molecule has 0 radical (unpaired) electrons. The summed E-state index contributed by atoms with van der Waals surface area (Å²) in [7, 11) is 1.38. The Labute approximate surface area is 75.9 Å². The average molecular weight is 193 g/mol. The smallest absolute Gasteiger partial charge is 0.175 e. The summed E-state index contributed by atoms with van der Waals surface area (Å²) in [4.78, 5) is 0. The summed E-state index contributed by atoms with van der Waals surface area (Å²) >= 11 is 0. The van der Waals surface area contributed by atoms with E-state index in [2.05, 4.69) is 0 Å². The molecule has 1 aliphatic heterocycles. The van der Waals surface area contributed by atoms with Crippen molar-refractivity contribution in [1.82, 2.24) is 0 Å². The Morgan fingerprint density at radius 1 is 1.38 bits per heavy atom. The van der Waals surface area contributed by atoms with E-state index in [0.717, 1.165) is 0 Å². The summed E-state index contributed by atoms with van der Waals surface area (Å²) in [5, 5.41) is 27.5. The molecule has 3 unspecified atom stereocenters. The van der Waals surface area contributed by atoms with E-state index in [9.17, 15) is 10.2 Å². The fourth-order valence-electron chi connectivity index (χ4n) is 1.32. The van der Waals surface area contributed by atoms with Crippen LogP contribution in [-0.4, -0.2) is 59.7 Å². The summed E-state index contributed by atoms with van der Waals surface area (Å²) in [6.07, 6.45) is -3.96. The van der Waals surface area contributed by atoms with Gasteiger partial charge in [-0.05, 0) is 0 Å². The molecule has 13 heavy (non-hydrogen) atoms. The summed E-state index contributed by atoms with van der Waals surface area (Å²) in [6.45, 7) is -0.384. The Morgan fingerprint density at radius 3 is 2.46 bits per heavy atom. The van der Waals surface area contributed by atoms with E-state index < -0.39 is 30.6 Å². The number of aliphatic hydroxyl groups excluding tert-OH is 3. The van der Waals surface area contributed by atoms with Crippen LogP contribution in [0.5, 0.6) is 0 Å². The zero-order valence-electron chi connectivity index (χ0n) is 7.33. The van der Waals surface area contributed by atoms with Crippen LogP contribution in [0.15, 0.2) is 0 Å². The Balaban J connectivity index is 2.66. The van der Waals surface area contributed by atoms with E-state index in [1.54, 1.807) is 0 Å². The largest absolute Gasteiger partial charge is 0.394 e. The highest BCUT2D eigenvalue weighted by molar-refractivity contribution is 4.91.